The highest BCUT2D eigenvalue weighted by atomic mass is 16.5. The third-order valence-corrected chi connectivity index (χ3v) is 6.43. The molecule has 2 aromatic carbocycles. The molecule has 9 nitrogen and oxygen atoms in total. The van der Waals surface area contributed by atoms with Gasteiger partial charge in [-0.2, -0.15) is 5.10 Å². The molecule has 2 unspecified atom stereocenters. The molecule has 35 heavy (non-hydrogen) atoms. The van der Waals surface area contributed by atoms with Crippen molar-refractivity contribution in [3.63, 3.8) is 0 Å². The molecule has 0 amide bonds. The van der Waals surface area contributed by atoms with Crippen molar-refractivity contribution in [2.45, 2.75) is 25.0 Å². The van der Waals surface area contributed by atoms with Crippen molar-refractivity contribution in [1.29, 1.82) is 0 Å². The highest BCUT2D eigenvalue weighted by Crippen LogP contribution is 2.38. The zero-order valence-corrected chi connectivity index (χ0v) is 19.8. The largest absolute Gasteiger partial charge is 0.481 e. The summed E-state index contributed by atoms with van der Waals surface area (Å²) >= 11 is 0. The van der Waals surface area contributed by atoms with Gasteiger partial charge >= 0.3 is 5.97 Å². The Labute approximate surface area is 204 Å². The topological polar surface area (TPSA) is 124 Å². The normalized spacial score (nSPS) is 22.0. The van der Waals surface area contributed by atoms with Gasteiger partial charge in [0.15, 0.2) is 11.5 Å². The van der Waals surface area contributed by atoms with Crippen LogP contribution in [0.2, 0.25) is 0 Å². The Balaban J connectivity index is 1.49. The second-order valence-electron chi connectivity index (χ2n) is 8.88. The van der Waals surface area contributed by atoms with Gasteiger partial charge in [-0.3, -0.25) is 20.3 Å². The lowest BCUT2D eigenvalue weighted by Crippen LogP contribution is -2.56. The summed E-state index contributed by atoms with van der Waals surface area (Å²) < 4.78 is 16.5. The molecule has 1 saturated heterocycles. The average molecular weight is 482 g/mol. The first-order valence-corrected chi connectivity index (χ1v) is 11.7. The van der Waals surface area contributed by atoms with E-state index in [-0.39, 0.29) is 12.2 Å². The molecule has 2 aliphatic heterocycles. The van der Waals surface area contributed by atoms with Gasteiger partial charge in [0.05, 0.1) is 45.5 Å². The fourth-order valence-electron chi connectivity index (χ4n) is 4.38. The van der Waals surface area contributed by atoms with E-state index in [1.807, 2.05) is 17.1 Å². The molecule has 0 aromatic heterocycles. The van der Waals surface area contributed by atoms with Crippen molar-refractivity contribution < 1.29 is 28.9 Å². The van der Waals surface area contributed by atoms with E-state index in [0.717, 1.165) is 24.2 Å². The number of methoxy groups -OCH3 is 1. The van der Waals surface area contributed by atoms with Gasteiger partial charge in [0.2, 0.25) is 0 Å². The number of hydrogen-bond donors (Lipinski definition) is 2. The Morgan fingerprint density at radius 3 is 2.60 bits per heavy atom. The lowest BCUT2D eigenvalue weighted by atomic mass is 9.81. The maximum absolute atomic E-state index is 13.1. The van der Waals surface area contributed by atoms with E-state index in [2.05, 4.69) is 5.10 Å². The molecular formula is C26H31N3O6. The molecule has 0 radical (unpaired) electrons. The molecule has 2 heterocycles. The number of carboxylic acids is 1. The molecule has 2 atom stereocenters. The first kappa shape index (κ1) is 24.8. The molecule has 4 rings (SSSR count). The smallest absolute Gasteiger partial charge is 0.303 e. The summed E-state index contributed by atoms with van der Waals surface area (Å²) in [4.78, 5) is 24.6. The highest BCUT2D eigenvalue weighted by molar-refractivity contribution is 6.09. The van der Waals surface area contributed by atoms with E-state index in [0.29, 0.717) is 49.5 Å². The number of carboxylic acid groups (broad SMARTS) is 1. The van der Waals surface area contributed by atoms with E-state index in [1.54, 1.807) is 43.7 Å². The summed E-state index contributed by atoms with van der Waals surface area (Å²) in [6.45, 7) is 3.23. The van der Waals surface area contributed by atoms with Gasteiger partial charge in [0, 0.05) is 30.6 Å². The molecule has 0 bridgehead atoms. The van der Waals surface area contributed by atoms with Crippen molar-refractivity contribution >= 4 is 18.0 Å². The average Bonchev–Trinajstić information content (AvgIpc) is 2.87. The van der Waals surface area contributed by atoms with Crippen molar-refractivity contribution in [2.24, 2.45) is 16.8 Å². The number of aliphatic carboxylic acids is 1. The Morgan fingerprint density at radius 1 is 1.20 bits per heavy atom. The second kappa shape index (κ2) is 11.0. The van der Waals surface area contributed by atoms with Crippen LogP contribution in [0.25, 0.3) is 0 Å². The first-order chi connectivity index (χ1) is 16.9. The van der Waals surface area contributed by atoms with Crippen molar-refractivity contribution in [1.82, 2.24) is 5.01 Å². The number of morpholine rings is 1. The molecule has 1 fully saturated rings. The van der Waals surface area contributed by atoms with Crippen LogP contribution in [0.15, 0.2) is 47.6 Å². The quantitative estimate of drug-likeness (QED) is 0.413. The zero-order valence-electron chi connectivity index (χ0n) is 19.8. The molecule has 2 aromatic rings. The number of ketones is 1. The second-order valence-corrected chi connectivity index (χ2v) is 8.88. The number of benzene rings is 2. The number of rotatable bonds is 9. The Kier molecular flexibility index (Phi) is 7.80. The monoisotopic (exact) mass is 481 g/mol. The molecule has 3 N–H and O–H groups in total. The fourth-order valence-corrected chi connectivity index (χ4v) is 4.38. The van der Waals surface area contributed by atoms with Crippen LogP contribution in [-0.4, -0.2) is 73.8 Å². The minimum atomic E-state index is -1.15. The van der Waals surface area contributed by atoms with Crippen molar-refractivity contribution in [2.75, 3.05) is 40.0 Å². The van der Waals surface area contributed by atoms with Crippen LogP contribution < -0.4 is 10.5 Å². The molecule has 9 heteroatoms. The minimum Gasteiger partial charge on any atom is -0.481 e. The van der Waals surface area contributed by atoms with E-state index < -0.39 is 17.6 Å². The van der Waals surface area contributed by atoms with Crippen LogP contribution in [0.1, 0.15) is 39.9 Å². The number of carbonyl (C=O) groups is 2. The highest BCUT2D eigenvalue weighted by Gasteiger charge is 2.42. The lowest BCUT2D eigenvalue weighted by Gasteiger charge is -2.41. The van der Waals surface area contributed by atoms with Gasteiger partial charge in [-0.25, -0.2) is 0 Å². The molecule has 0 aliphatic carbocycles. The van der Waals surface area contributed by atoms with Crippen LogP contribution in [0.4, 0.5) is 0 Å². The molecule has 0 saturated carbocycles. The zero-order chi connectivity index (χ0) is 24.8. The van der Waals surface area contributed by atoms with E-state index in [1.165, 1.54) is 0 Å². The molecule has 2 aliphatic rings. The summed E-state index contributed by atoms with van der Waals surface area (Å²) in [6, 6.07) is 12.5. The van der Waals surface area contributed by atoms with Crippen LogP contribution >= 0.6 is 0 Å². The third-order valence-electron chi connectivity index (χ3n) is 6.43. The van der Waals surface area contributed by atoms with Crippen LogP contribution in [-0.2, 0) is 20.7 Å². The third kappa shape index (κ3) is 6.05. The van der Waals surface area contributed by atoms with Crippen molar-refractivity contribution in [3.05, 3.63) is 64.7 Å². The van der Waals surface area contributed by atoms with Gasteiger partial charge < -0.3 is 19.3 Å². The minimum absolute atomic E-state index is 0.122. The number of hydrogen-bond acceptors (Lipinski definition) is 8. The summed E-state index contributed by atoms with van der Waals surface area (Å²) in [5.74, 6) is -0.948. The van der Waals surface area contributed by atoms with Crippen LogP contribution in [0, 0.1) is 5.92 Å². The summed E-state index contributed by atoms with van der Waals surface area (Å²) in [6.07, 6.45) is 2.41. The summed E-state index contributed by atoms with van der Waals surface area (Å²) in [5.41, 5.74) is 8.07. The number of nitrogens with zero attached hydrogens (tertiary/aromatic N) is 2. The first-order valence-electron chi connectivity index (χ1n) is 11.7. The van der Waals surface area contributed by atoms with Crippen molar-refractivity contribution in [3.8, 4) is 5.75 Å². The number of carbonyl (C=O) groups excluding carboxylic acids is 1. The maximum atomic E-state index is 13.1. The number of hydrazone groups is 1. The number of fused-ring (bicyclic) bond motifs is 1. The van der Waals surface area contributed by atoms with Gasteiger partial charge in [-0.1, -0.05) is 24.3 Å². The predicted molar refractivity (Wildman–Crippen MR) is 130 cm³/mol. The summed E-state index contributed by atoms with van der Waals surface area (Å²) in [7, 11) is 1.56. The number of ether oxygens (including phenoxy) is 3. The van der Waals surface area contributed by atoms with Gasteiger partial charge in [-0.05, 0) is 35.7 Å². The van der Waals surface area contributed by atoms with Crippen LogP contribution in [0.3, 0.4) is 0 Å². The Bertz CT molecular complexity index is 1080. The van der Waals surface area contributed by atoms with Gasteiger partial charge in [0.25, 0.3) is 0 Å². The standard InChI is InChI=1S/C26H31N3O6/c1-33-11-8-26(27)22(16-24(30)31)15-21-14-20(6-7-23(21)35-26)25(32)19-4-2-18(3-5-19)17-28-29-9-12-34-13-10-29/h2-7,14,17,22H,8-13,15-16,27H2,1H3,(H,30,31). The van der Waals surface area contributed by atoms with E-state index in [4.69, 9.17) is 19.9 Å². The Hall–Kier alpha value is -3.27. The fraction of sp³-hybridized carbons (Fsp3) is 0.423. The molecule has 0 spiro atoms. The van der Waals surface area contributed by atoms with E-state index in [9.17, 15) is 14.7 Å². The van der Waals surface area contributed by atoms with Gasteiger partial charge in [0.1, 0.15) is 5.75 Å². The SMILES string of the molecule is COCCC1(N)Oc2ccc(C(=O)c3ccc(C=NN4CCOCC4)cc3)cc2CC1CC(=O)O. The Morgan fingerprint density at radius 2 is 1.91 bits per heavy atom. The van der Waals surface area contributed by atoms with E-state index >= 15 is 0 Å². The number of nitrogens with two attached hydrogens (primary N) is 1. The summed E-state index contributed by atoms with van der Waals surface area (Å²) in [5, 5.41) is 15.8. The van der Waals surface area contributed by atoms with Crippen LogP contribution in [0.5, 0.6) is 5.75 Å². The van der Waals surface area contributed by atoms with Gasteiger partial charge in [-0.15, -0.1) is 0 Å². The predicted octanol–water partition coefficient (Wildman–Crippen LogP) is 2.30. The molecule has 186 valence electrons. The molecular weight excluding hydrogens is 450 g/mol. The lowest BCUT2D eigenvalue weighted by molar-refractivity contribution is -0.141. The maximum Gasteiger partial charge on any atom is 0.303 e.